The molecule has 0 bridgehead atoms. The first-order valence-corrected chi connectivity index (χ1v) is 8.12. The monoisotopic (exact) mass is 315 g/mol. The Bertz CT molecular complexity index is 529. The molecule has 5 nitrogen and oxygen atoms in total. The van der Waals surface area contributed by atoms with E-state index in [2.05, 4.69) is 31.3 Å². The van der Waals surface area contributed by atoms with Crippen LogP contribution in [0.2, 0.25) is 4.34 Å². The highest BCUT2D eigenvalue weighted by atomic mass is 35.5. The van der Waals surface area contributed by atoms with Crippen molar-refractivity contribution in [3.05, 3.63) is 21.6 Å². The largest absolute Gasteiger partial charge is 0.343 e. The van der Waals surface area contributed by atoms with Crippen LogP contribution in [0.3, 0.4) is 0 Å². The molecular weight excluding hydrogens is 302 g/mol. The van der Waals surface area contributed by atoms with Gasteiger partial charge in [0.25, 0.3) is 0 Å². The minimum absolute atomic E-state index is 0.449. The molecule has 8 heteroatoms. The molecule has 0 aliphatic carbocycles. The minimum Gasteiger partial charge on any atom is -0.343 e. The average molecular weight is 316 g/mol. The third kappa shape index (κ3) is 2.89. The molecule has 1 saturated heterocycles. The van der Waals surface area contributed by atoms with Crippen molar-refractivity contribution in [2.75, 3.05) is 24.5 Å². The summed E-state index contributed by atoms with van der Waals surface area (Å²) in [5, 5.41) is 7.21. The molecule has 0 radical (unpaired) electrons. The van der Waals surface area contributed by atoms with Crippen LogP contribution in [0, 0.1) is 0 Å². The van der Waals surface area contributed by atoms with E-state index in [1.165, 1.54) is 11.5 Å². The van der Waals surface area contributed by atoms with Gasteiger partial charge in [-0.2, -0.15) is 0 Å². The molecule has 0 saturated carbocycles. The lowest BCUT2D eigenvalue weighted by Gasteiger charge is -2.39. The number of aromatic nitrogens is 3. The van der Waals surface area contributed by atoms with E-state index in [4.69, 9.17) is 11.6 Å². The van der Waals surface area contributed by atoms with Crippen molar-refractivity contribution in [1.29, 1.82) is 0 Å². The van der Waals surface area contributed by atoms with Crippen molar-refractivity contribution in [3.8, 4) is 0 Å². The van der Waals surface area contributed by atoms with Crippen LogP contribution in [0.1, 0.15) is 12.6 Å². The summed E-state index contributed by atoms with van der Waals surface area (Å²) in [7, 11) is 0. The maximum atomic E-state index is 6.05. The number of piperazine rings is 1. The number of thiazole rings is 1. The molecule has 1 aliphatic rings. The number of nitrogens with zero attached hydrogens (tertiary/aromatic N) is 5. The third-order valence-electron chi connectivity index (χ3n) is 3.26. The van der Waals surface area contributed by atoms with Gasteiger partial charge in [-0.3, -0.25) is 4.90 Å². The van der Waals surface area contributed by atoms with Gasteiger partial charge in [0, 0.05) is 55.3 Å². The summed E-state index contributed by atoms with van der Waals surface area (Å²) in [5.74, 6) is 0. The van der Waals surface area contributed by atoms with Crippen LogP contribution in [0.5, 0.6) is 0 Å². The number of hydrogen-bond acceptors (Lipinski definition) is 7. The highest BCUT2D eigenvalue weighted by Gasteiger charge is 2.26. The van der Waals surface area contributed by atoms with E-state index in [0.717, 1.165) is 37.0 Å². The van der Waals surface area contributed by atoms with Crippen LogP contribution in [0.4, 0.5) is 5.13 Å². The van der Waals surface area contributed by atoms with E-state index in [0.29, 0.717) is 10.4 Å². The SMILES string of the molecule is C[C@@H]1CN(Cc2nnsc2Cl)CCN1c1nccs1. The molecule has 0 amide bonds. The molecule has 1 atom stereocenters. The highest BCUT2D eigenvalue weighted by Crippen LogP contribution is 2.24. The standard InChI is InChI=1S/C11H14ClN5S2/c1-8-6-16(7-9-10(12)19-15-14-9)3-4-17(8)11-13-2-5-18-11/h2,5,8H,3-4,6-7H2,1H3/t8-/m1/s1. The fourth-order valence-electron chi connectivity index (χ4n) is 2.32. The zero-order valence-corrected chi connectivity index (χ0v) is 12.9. The molecule has 0 aromatic carbocycles. The Hall–Kier alpha value is -0.760. The fourth-order valence-corrected chi connectivity index (χ4v) is 3.71. The van der Waals surface area contributed by atoms with Crippen LogP contribution in [-0.4, -0.2) is 45.1 Å². The zero-order valence-electron chi connectivity index (χ0n) is 10.5. The molecule has 19 heavy (non-hydrogen) atoms. The molecule has 102 valence electrons. The van der Waals surface area contributed by atoms with Crippen molar-refractivity contribution < 1.29 is 0 Å². The first kappa shape index (κ1) is 13.2. The molecule has 2 aromatic rings. The van der Waals surface area contributed by atoms with Crippen molar-refractivity contribution in [2.45, 2.75) is 19.5 Å². The van der Waals surface area contributed by atoms with Crippen LogP contribution >= 0.6 is 34.5 Å². The quantitative estimate of drug-likeness (QED) is 0.870. The van der Waals surface area contributed by atoms with Crippen LogP contribution < -0.4 is 4.90 Å². The number of anilines is 1. The van der Waals surface area contributed by atoms with Crippen LogP contribution in [0.25, 0.3) is 0 Å². The lowest BCUT2D eigenvalue weighted by atomic mass is 10.2. The molecule has 3 heterocycles. The zero-order chi connectivity index (χ0) is 13.2. The summed E-state index contributed by atoms with van der Waals surface area (Å²) in [4.78, 5) is 9.12. The number of halogens is 1. The first-order chi connectivity index (χ1) is 9.24. The van der Waals surface area contributed by atoms with Gasteiger partial charge in [-0.05, 0) is 6.92 Å². The summed E-state index contributed by atoms with van der Waals surface area (Å²) in [6.07, 6.45) is 1.86. The molecule has 3 rings (SSSR count). The molecule has 1 fully saturated rings. The fraction of sp³-hybridized carbons (Fsp3) is 0.545. The van der Waals surface area contributed by atoms with Gasteiger partial charge in [-0.15, -0.1) is 16.4 Å². The summed E-state index contributed by atoms with van der Waals surface area (Å²) in [6, 6.07) is 0.449. The highest BCUT2D eigenvalue weighted by molar-refractivity contribution is 7.13. The van der Waals surface area contributed by atoms with Crippen molar-refractivity contribution in [1.82, 2.24) is 19.5 Å². The van der Waals surface area contributed by atoms with E-state index in [1.54, 1.807) is 11.3 Å². The van der Waals surface area contributed by atoms with E-state index in [-0.39, 0.29) is 0 Å². The van der Waals surface area contributed by atoms with Gasteiger partial charge in [0.2, 0.25) is 0 Å². The Morgan fingerprint density at radius 3 is 3.00 bits per heavy atom. The summed E-state index contributed by atoms with van der Waals surface area (Å²) >= 11 is 9.00. The molecule has 2 aromatic heterocycles. The Kier molecular flexibility index (Phi) is 3.97. The van der Waals surface area contributed by atoms with Crippen LogP contribution in [0.15, 0.2) is 11.6 Å². The van der Waals surface area contributed by atoms with E-state index < -0.39 is 0 Å². The first-order valence-electron chi connectivity index (χ1n) is 6.09. The molecule has 0 N–H and O–H groups in total. The average Bonchev–Trinajstić information content (AvgIpc) is 3.02. The molecule has 1 aliphatic heterocycles. The second-order valence-electron chi connectivity index (χ2n) is 4.59. The topological polar surface area (TPSA) is 45.2 Å². The summed E-state index contributed by atoms with van der Waals surface area (Å²) in [6.45, 7) is 5.99. The number of rotatable bonds is 3. The lowest BCUT2D eigenvalue weighted by Crippen LogP contribution is -2.51. The van der Waals surface area contributed by atoms with Gasteiger partial charge in [0.05, 0.1) is 0 Å². The van der Waals surface area contributed by atoms with Gasteiger partial charge >= 0.3 is 0 Å². The van der Waals surface area contributed by atoms with Crippen molar-refractivity contribution in [2.24, 2.45) is 0 Å². The Morgan fingerprint density at radius 1 is 1.47 bits per heavy atom. The van der Waals surface area contributed by atoms with Crippen molar-refractivity contribution in [3.63, 3.8) is 0 Å². The van der Waals surface area contributed by atoms with E-state index >= 15 is 0 Å². The minimum atomic E-state index is 0.449. The normalized spacial score (nSPS) is 20.9. The molecule has 0 spiro atoms. The Morgan fingerprint density at radius 2 is 2.37 bits per heavy atom. The maximum Gasteiger partial charge on any atom is 0.185 e. The van der Waals surface area contributed by atoms with E-state index in [1.807, 2.05) is 11.6 Å². The smallest absolute Gasteiger partial charge is 0.185 e. The van der Waals surface area contributed by atoms with Gasteiger partial charge in [0.15, 0.2) is 5.13 Å². The number of hydrogen-bond donors (Lipinski definition) is 0. The molecular formula is C11H14ClN5S2. The lowest BCUT2D eigenvalue weighted by molar-refractivity contribution is 0.218. The molecule has 0 unspecified atom stereocenters. The summed E-state index contributed by atoms with van der Waals surface area (Å²) in [5.41, 5.74) is 0.890. The van der Waals surface area contributed by atoms with Gasteiger partial charge in [-0.1, -0.05) is 16.1 Å². The predicted molar refractivity (Wildman–Crippen MR) is 79.1 cm³/mol. The van der Waals surface area contributed by atoms with Crippen molar-refractivity contribution >= 4 is 39.6 Å². The Labute approximate surface area is 125 Å². The van der Waals surface area contributed by atoms with Gasteiger partial charge < -0.3 is 4.90 Å². The second kappa shape index (κ2) is 5.70. The predicted octanol–water partition coefficient (Wildman–Crippen LogP) is 2.36. The van der Waals surface area contributed by atoms with Crippen LogP contribution in [-0.2, 0) is 6.54 Å². The van der Waals surface area contributed by atoms with Gasteiger partial charge in [-0.25, -0.2) is 4.98 Å². The third-order valence-corrected chi connectivity index (χ3v) is 5.05. The second-order valence-corrected chi connectivity index (χ2v) is 6.81. The van der Waals surface area contributed by atoms with E-state index in [9.17, 15) is 0 Å². The summed E-state index contributed by atoms with van der Waals surface area (Å²) < 4.78 is 4.58. The maximum absolute atomic E-state index is 6.05. The Balaban J connectivity index is 1.63. The van der Waals surface area contributed by atoms with Gasteiger partial charge in [0.1, 0.15) is 10.0 Å².